The van der Waals surface area contributed by atoms with Crippen LogP contribution in [0.2, 0.25) is 0 Å². The largest absolute Gasteiger partial charge is 0.466 e. The molecule has 0 aromatic heterocycles. The molecule has 2 fully saturated rings. The zero-order valence-corrected chi connectivity index (χ0v) is 12.6. The van der Waals surface area contributed by atoms with Gasteiger partial charge in [0.15, 0.2) is 0 Å². The van der Waals surface area contributed by atoms with Crippen molar-refractivity contribution in [3.63, 3.8) is 0 Å². The highest BCUT2D eigenvalue weighted by Gasteiger charge is 2.33. The highest BCUT2D eigenvalue weighted by Crippen LogP contribution is 2.34. The molecule has 0 radical (unpaired) electrons. The van der Waals surface area contributed by atoms with Gasteiger partial charge in [-0.15, -0.1) is 0 Å². The van der Waals surface area contributed by atoms with Gasteiger partial charge in [0.25, 0.3) is 0 Å². The van der Waals surface area contributed by atoms with Crippen LogP contribution in [0.3, 0.4) is 0 Å². The van der Waals surface area contributed by atoms with Crippen LogP contribution in [0.25, 0.3) is 0 Å². The van der Waals surface area contributed by atoms with Gasteiger partial charge in [0.05, 0.1) is 13.0 Å². The van der Waals surface area contributed by atoms with Gasteiger partial charge in [0, 0.05) is 6.04 Å². The van der Waals surface area contributed by atoms with Crippen molar-refractivity contribution < 1.29 is 9.53 Å². The van der Waals surface area contributed by atoms with E-state index in [4.69, 9.17) is 4.74 Å². The number of carbonyl (C=O) groups excluding carboxylic acids is 1. The third-order valence-electron chi connectivity index (χ3n) is 4.90. The Balaban J connectivity index is 1.94. The molecule has 1 heterocycles. The number of hydrogen-bond donors (Lipinski definition) is 0. The van der Waals surface area contributed by atoms with Crippen LogP contribution in [-0.2, 0) is 9.53 Å². The summed E-state index contributed by atoms with van der Waals surface area (Å²) < 4.78 is 5.18. The summed E-state index contributed by atoms with van der Waals surface area (Å²) in [6.07, 6.45) is 8.44. The molecule has 0 spiro atoms. The van der Waals surface area contributed by atoms with Crippen LogP contribution in [0.1, 0.15) is 58.8 Å². The highest BCUT2D eigenvalue weighted by molar-refractivity contribution is 5.70. The third-order valence-corrected chi connectivity index (χ3v) is 4.90. The molecule has 1 saturated heterocycles. The molecule has 19 heavy (non-hydrogen) atoms. The van der Waals surface area contributed by atoms with Crippen molar-refractivity contribution in [2.24, 2.45) is 11.8 Å². The minimum absolute atomic E-state index is 0.00183. The smallest absolute Gasteiger partial charge is 0.307 e. The van der Waals surface area contributed by atoms with Gasteiger partial charge in [-0.25, -0.2) is 0 Å². The molecule has 1 atom stereocenters. The Morgan fingerprint density at radius 2 is 1.84 bits per heavy atom. The number of hydrogen-bond acceptors (Lipinski definition) is 3. The Kier molecular flexibility index (Phi) is 5.68. The first-order chi connectivity index (χ1) is 9.20. The predicted octanol–water partition coefficient (Wildman–Crippen LogP) is 3.23. The van der Waals surface area contributed by atoms with Crippen LogP contribution in [-0.4, -0.2) is 36.6 Å². The lowest BCUT2D eigenvalue weighted by Gasteiger charge is -2.37. The van der Waals surface area contributed by atoms with Crippen molar-refractivity contribution >= 4 is 5.97 Å². The molecule has 2 aliphatic rings. The maximum absolute atomic E-state index is 11.9. The summed E-state index contributed by atoms with van der Waals surface area (Å²) in [5, 5.41) is 0. The standard InChI is InChI=1S/C16H29NO2/c1-3-19-16(18)12-15(17-10-4-5-11-17)14-8-6-13(2)7-9-14/h13-15H,3-12H2,1-2H3. The van der Waals surface area contributed by atoms with Crippen LogP contribution in [0.4, 0.5) is 0 Å². The average molecular weight is 267 g/mol. The summed E-state index contributed by atoms with van der Waals surface area (Å²) in [6.45, 7) is 7.11. The molecule has 0 N–H and O–H groups in total. The quantitative estimate of drug-likeness (QED) is 0.716. The Labute approximate surface area is 117 Å². The maximum atomic E-state index is 11.9. The van der Waals surface area contributed by atoms with E-state index >= 15 is 0 Å². The molecule has 1 unspecified atom stereocenters. The minimum Gasteiger partial charge on any atom is -0.466 e. The van der Waals surface area contributed by atoms with Crippen LogP contribution in [0.15, 0.2) is 0 Å². The zero-order valence-electron chi connectivity index (χ0n) is 12.6. The van der Waals surface area contributed by atoms with Gasteiger partial charge in [0.1, 0.15) is 0 Å². The predicted molar refractivity (Wildman–Crippen MR) is 77.0 cm³/mol. The van der Waals surface area contributed by atoms with Gasteiger partial charge < -0.3 is 4.74 Å². The van der Waals surface area contributed by atoms with Crippen molar-refractivity contribution in [3.8, 4) is 0 Å². The highest BCUT2D eigenvalue weighted by atomic mass is 16.5. The SMILES string of the molecule is CCOC(=O)CC(C1CCC(C)CC1)N1CCCC1. The second kappa shape index (κ2) is 7.28. The van der Waals surface area contributed by atoms with Gasteiger partial charge in [0.2, 0.25) is 0 Å². The maximum Gasteiger partial charge on any atom is 0.307 e. The number of esters is 1. The Hall–Kier alpha value is -0.570. The van der Waals surface area contributed by atoms with E-state index in [0.717, 1.165) is 5.92 Å². The first kappa shape index (κ1) is 14.8. The van der Waals surface area contributed by atoms with Crippen molar-refractivity contribution in [3.05, 3.63) is 0 Å². The first-order valence-electron chi connectivity index (χ1n) is 8.10. The monoisotopic (exact) mass is 267 g/mol. The topological polar surface area (TPSA) is 29.5 Å². The van der Waals surface area contributed by atoms with E-state index < -0.39 is 0 Å². The molecule has 110 valence electrons. The van der Waals surface area contributed by atoms with Gasteiger partial charge in [-0.2, -0.15) is 0 Å². The van der Waals surface area contributed by atoms with E-state index in [-0.39, 0.29) is 5.97 Å². The molecular formula is C16H29NO2. The fourth-order valence-corrected chi connectivity index (χ4v) is 3.73. The zero-order chi connectivity index (χ0) is 13.7. The average Bonchev–Trinajstić information content (AvgIpc) is 2.91. The molecule has 1 saturated carbocycles. The van der Waals surface area contributed by atoms with Crippen LogP contribution in [0, 0.1) is 11.8 Å². The van der Waals surface area contributed by atoms with Gasteiger partial charge in [-0.3, -0.25) is 9.69 Å². The number of likely N-dealkylation sites (tertiary alicyclic amines) is 1. The molecule has 3 heteroatoms. The fraction of sp³-hybridized carbons (Fsp3) is 0.938. The normalized spacial score (nSPS) is 30.2. The van der Waals surface area contributed by atoms with Gasteiger partial charge in [-0.1, -0.05) is 19.8 Å². The molecule has 2 rings (SSSR count). The van der Waals surface area contributed by atoms with Crippen LogP contribution in [0.5, 0.6) is 0 Å². The van der Waals surface area contributed by atoms with Crippen LogP contribution < -0.4 is 0 Å². The Morgan fingerprint density at radius 3 is 2.42 bits per heavy atom. The molecule has 0 amide bonds. The Bertz CT molecular complexity index is 278. The lowest BCUT2D eigenvalue weighted by atomic mass is 9.78. The summed E-state index contributed by atoms with van der Waals surface area (Å²) >= 11 is 0. The van der Waals surface area contributed by atoms with E-state index in [2.05, 4.69) is 11.8 Å². The summed E-state index contributed by atoms with van der Waals surface area (Å²) in [5.41, 5.74) is 0. The van der Waals surface area contributed by atoms with E-state index in [1.165, 1.54) is 51.6 Å². The van der Waals surface area contributed by atoms with Crippen molar-refractivity contribution in [1.82, 2.24) is 4.90 Å². The summed E-state index contributed by atoms with van der Waals surface area (Å²) in [7, 11) is 0. The van der Waals surface area contributed by atoms with Crippen molar-refractivity contribution in [2.75, 3.05) is 19.7 Å². The Morgan fingerprint density at radius 1 is 1.21 bits per heavy atom. The van der Waals surface area contributed by atoms with Gasteiger partial charge >= 0.3 is 5.97 Å². The summed E-state index contributed by atoms with van der Waals surface area (Å²) in [4.78, 5) is 14.4. The molecule has 1 aliphatic heterocycles. The number of carbonyl (C=O) groups is 1. The lowest BCUT2D eigenvalue weighted by molar-refractivity contribution is -0.145. The summed E-state index contributed by atoms with van der Waals surface area (Å²) in [5.74, 6) is 1.58. The van der Waals surface area contributed by atoms with Crippen LogP contribution >= 0.6 is 0 Å². The molecule has 0 bridgehead atoms. The van der Waals surface area contributed by atoms with E-state index in [1.54, 1.807) is 0 Å². The minimum atomic E-state index is -0.00183. The first-order valence-corrected chi connectivity index (χ1v) is 8.10. The molecular weight excluding hydrogens is 238 g/mol. The van der Waals surface area contributed by atoms with E-state index in [9.17, 15) is 4.79 Å². The number of rotatable bonds is 5. The van der Waals surface area contributed by atoms with E-state index in [1.807, 2.05) is 6.92 Å². The number of ether oxygens (including phenoxy) is 1. The molecule has 0 aromatic rings. The van der Waals surface area contributed by atoms with Crippen molar-refractivity contribution in [1.29, 1.82) is 0 Å². The molecule has 3 nitrogen and oxygen atoms in total. The third kappa shape index (κ3) is 4.20. The fourth-order valence-electron chi connectivity index (χ4n) is 3.73. The van der Waals surface area contributed by atoms with Crippen molar-refractivity contribution in [2.45, 2.75) is 64.8 Å². The van der Waals surface area contributed by atoms with Gasteiger partial charge in [-0.05, 0) is 57.5 Å². The summed E-state index contributed by atoms with van der Waals surface area (Å²) in [6, 6.07) is 0.439. The second-order valence-corrected chi connectivity index (χ2v) is 6.34. The number of nitrogens with zero attached hydrogens (tertiary/aromatic N) is 1. The molecule has 0 aromatic carbocycles. The molecule has 1 aliphatic carbocycles. The van der Waals surface area contributed by atoms with E-state index in [0.29, 0.717) is 25.0 Å². The second-order valence-electron chi connectivity index (χ2n) is 6.34. The lowest BCUT2D eigenvalue weighted by Crippen LogP contribution is -2.42.